The Balaban J connectivity index is 2.46. The van der Waals surface area contributed by atoms with E-state index >= 15 is 0 Å². The molecule has 72 valence electrons. The number of alkyl halides is 3. The van der Waals surface area contributed by atoms with Crippen LogP contribution in [0.4, 0.5) is 13.2 Å². The zero-order valence-electron chi connectivity index (χ0n) is 6.86. The summed E-state index contributed by atoms with van der Waals surface area (Å²) < 4.78 is 36.3. The Morgan fingerprint density at radius 1 is 1.42 bits per heavy atom. The molecule has 0 aliphatic carbocycles. The molecule has 2 nitrogen and oxygen atoms in total. The SMILES string of the molecule is CC(N)[C@@H]1CCC(C(F)(F)F)N1. The second kappa shape index (κ2) is 3.22. The maximum atomic E-state index is 12.1. The molecule has 1 saturated heterocycles. The van der Waals surface area contributed by atoms with Crippen LogP contribution in [0, 0.1) is 0 Å². The van der Waals surface area contributed by atoms with Crippen molar-refractivity contribution in [2.45, 2.75) is 44.1 Å². The van der Waals surface area contributed by atoms with E-state index < -0.39 is 12.2 Å². The zero-order valence-corrected chi connectivity index (χ0v) is 6.86. The average molecular weight is 182 g/mol. The van der Waals surface area contributed by atoms with Crippen molar-refractivity contribution in [2.75, 3.05) is 0 Å². The molecule has 0 bridgehead atoms. The average Bonchev–Trinajstić information content (AvgIpc) is 2.30. The van der Waals surface area contributed by atoms with Crippen LogP contribution in [0.3, 0.4) is 0 Å². The third-order valence-corrected chi connectivity index (χ3v) is 2.21. The fourth-order valence-corrected chi connectivity index (χ4v) is 1.44. The van der Waals surface area contributed by atoms with E-state index in [4.69, 9.17) is 5.73 Å². The molecule has 3 atom stereocenters. The molecule has 2 unspecified atom stereocenters. The fourth-order valence-electron chi connectivity index (χ4n) is 1.44. The Bertz CT molecular complexity index is 155. The lowest BCUT2D eigenvalue weighted by molar-refractivity contribution is -0.152. The predicted molar refractivity (Wildman–Crippen MR) is 39.7 cm³/mol. The standard InChI is InChI=1S/C7H13F3N2/c1-4(11)5-2-3-6(12-5)7(8,9)10/h4-6,12H,2-3,11H2,1H3/t4?,5-,6?/m0/s1. The summed E-state index contributed by atoms with van der Waals surface area (Å²) in [5.41, 5.74) is 5.47. The molecule has 1 fully saturated rings. The highest BCUT2D eigenvalue weighted by atomic mass is 19.4. The molecule has 3 N–H and O–H groups in total. The van der Waals surface area contributed by atoms with Gasteiger partial charge in [0.25, 0.3) is 0 Å². The van der Waals surface area contributed by atoms with E-state index in [0.717, 1.165) is 0 Å². The molecule has 0 saturated carbocycles. The minimum Gasteiger partial charge on any atom is -0.327 e. The molecule has 0 aromatic carbocycles. The van der Waals surface area contributed by atoms with Gasteiger partial charge in [-0.15, -0.1) is 0 Å². The maximum Gasteiger partial charge on any atom is 0.403 e. The summed E-state index contributed by atoms with van der Waals surface area (Å²) in [6, 6.07) is -1.75. The van der Waals surface area contributed by atoms with Gasteiger partial charge in [-0.1, -0.05) is 0 Å². The van der Waals surface area contributed by atoms with Crippen LogP contribution in [-0.4, -0.2) is 24.3 Å². The van der Waals surface area contributed by atoms with Crippen molar-refractivity contribution in [2.24, 2.45) is 5.73 Å². The van der Waals surface area contributed by atoms with E-state index in [9.17, 15) is 13.2 Å². The Kier molecular flexibility index (Phi) is 2.63. The van der Waals surface area contributed by atoms with Crippen molar-refractivity contribution in [1.29, 1.82) is 0 Å². The van der Waals surface area contributed by atoms with E-state index in [1.54, 1.807) is 6.92 Å². The lowest BCUT2D eigenvalue weighted by atomic mass is 10.1. The molecule has 1 heterocycles. The first kappa shape index (κ1) is 9.80. The zero-order chi connectivity index (χ0) is 9.35. The van der Waals surface area contributed by atoms with Crippen molar-refractivity contribution >= 4 is 0 Å². The summed E-state index contributed by atoms with van der Waals surface area (Å²) in [7, 11) is 0. The molecule has 0 aromatic rings. The Labute approximate surface area is 69.3 Å². The normalized spacial score (nSPS) is 33.8. The highest BCUT2D eigenvalue weighted by Crippen LogP contribution is 2.28. The van der Waals surface area contributed by atoms with Gasteiger partial charge in [0.15, 0.2) is 0 Å². The summed E-state index contributed by atoms with van der Waals surface area (Å²) in [6.07, 6.45) is -3.46. The van der Waals surface area contributed by atoms with Crippen LogP contribution in [-0.2, 0) is 0 Å². The van der Waals surface area contributed by atoms with E-state index in [-0.39, 0.29) is 18.5 Å². The van der Waals surface area contributed by atoms with Crippen LogP contribution in [0.15, 0.2) is 0 Å². The van der Waals surface area contributed by atoms with Crippen LogP contribution in [0.1, 0.15) is 19.8 Å². The lowest BCUT2D eigenvalue weighted by Crippen LogP contribution is -2.46. The van der Waals surface area contributed by atoms with Crippen molar-refractivity contribution in [3.8, 4) is 0 Å². The third-order valence-electron chi connectivity index (χ3n) is 2.21. The smallest absolute Gasteiger partial charge is 0.327 e. The van der Waals surface area contributed by atoms with Crippen LogP contribution in [0.5, 0.6) is 0 Å². The minimum atomic E-state index is -4.12. The first-order chi connectivity index (χ1) is 5.41. The summed E-state index contributed by atoms with van der Waals surface area (Å²) in [5, 5.41) is 2.48. The highest BCUT2D eigenvalue weighted by Gasteiger charge is 2.44. The summed E-state index contributed by atoms with van der Waals surface area (Å²) >= 11 is 0. The molecule has 0 aromatic heterocycles. The van der Waals surface area contributed by atoms with E-state index in [1.807, 2.05) is 0 Å². The number of nitrogens with one attached hydrogen (secondary N) is 1. The van der Waals surface area contributed by atoms with Crippen molar-refractivity contribution in [3.63, 3.8) is 0 Å². The van der Waals surface area contributed by atoms with Crippen LogP contribution < -0.4 is 11.1 Å². The number of rotatable bonds is 1. The molecule has 12 heavy (non-hydrogen) atoms. The van der Waals surface area contributed by atoms with Crippen molar-refractivity contribution < 1.29 is 13.2 Å². The van der Waals surface area contributed by atoms with Gasteiger partial charge in [-0.3, -0.25) is 0 Å². The number of hydrogen-bond donors (Lipinski definition) is 2. The molecule has 1 aliphatic heterocycles. The Morgan fingerprint density at radius 2 is 2.00 bits per heavy atom. The molecule has 0 radical (unpaired) electrons. The van der Waals surface area contributed by atoms with Gasteiger partial charge in [0.1, 0.15) is 6.04 Å². The molecular weight excluding hydrogens is 169 g/mol. The second-order valence-electron chi connectivity index (χ2n) is 3.30. The van der Waals surface area contributed by atoms with Crippen LogP contribution in [0.25, 0.3) is 0 Å². The van der Waals surface area contributed by atoms with Crippen LogP contribution >= 0.6 is 0 Å². The predicted octanol–water partition coefficient (Wildman–Crippen LogP) is 1.02. The molecule has 1 rings (SSSR count). The van der Waals surface area contributed by atoms with Gasteiger partial charge < -0.3 is 11.1 Å². The van der Waals surface area contributed by atoms with Gasteiger partial charge in [-0.25, -0.2) is 0 Å². The topological polar surface area (TPSA) is 38.0 Å². The number of hydrogen-bond acceptors (Lipinski definition) is 2. The summed E-state index contributed by atoms with van der Waals surface area (Å²) in [5.74, 6) is 0. The van der Waals surface area contributed by atoms with Gasteiger partial charge in [0.05, 0.1) is 0 Å². The first-order valence-corrected chi connectivity index (χ1v) is 3.99. The summed E-state index contributed by atoms with van der Waals surface area (Å²) in [4.78, 5) is 0. The Hall–Kier alpha value is -0.290. The third kappa shape index (κ3) is 2.10. The van der Waals surface area contributed by atoms with Gasteiger partial charge in [-0.05, 0) is 19.8 Å². The minimum absolute atomic E-state index is 0.149. The van der Waals surface area contributed by atoms with Gasteiger partial charge in [0.2, 0.25) is 0 Å². The summed E-state index contributed by atoms with van der Waals surface area (Å²) in [6.45, 7) is 1.72. The molecule has 0 spiro atoms. The van der Waals surface area contributed by atoms with E-state index in [2.05, 4.69) is 5.32 Å². The second-order valence-corrected chi connectivity index (χ2v) is 3.30. The fraction of sp³-hybridized carbons (Fsp3) is 1.00. The van der Waals surface area contributed by atoms with E-state index in [0.29, 0.717) is 6.42 Å². The number of nitrogens with two attached hydrogens (primary N) is 1. The van der Waals surface area contributed by atoms with Crippen molar-refractivity contribution in [1.82, 2.24) is 5.32 Å². The monoisotopic (exact) mass is 182 g/mol. The maximum absolute atomic E-state index is 12.1. The largest absolute Gasteiger partial charge is 0.403 e. The van der Waals surface area contributed by atoms with Crippen molar-refractivity contribution in [3.05, 3.63) is 0 Å². The lowest BCUT2D eigenvalue weighted by Gasteiger charge is -2.19. The molecule has 0 amide bonds. The molecule has 1 aliphatic rings. The first-order valence-electron chi connectivity index (χ1n) is 3.99. The highest BCUT2D eigenvalue weighted by molar-refractivity contribution is 4.91. The van der Waals surface area contributed by atoms with Gasteiger partial charge in [-0.2, -0.15) is 13.2 Å². The number of halogens is 3. The molecular formula is C7H13F3N2. The Morgan fingerprint density at radius 3 is 2.25 bits per heavy atom. The molecule has 5 heteroatoms. The quantitative estimate of drug-likeness (QED) is 0.635. The van der Waals surface area contributed by atoms with Gasteiger partial charge >= 0.3 is 6.18 Å². The van der Waals surface area contributed by atoms with Gasteiger partial charge in [0, 0.05) is 12.1 Å². The van der Waals surface area contributed by atoms with Crippen LogP contribution in [0.2, 0.25) is 0 Å². The van der Waals surface area contributed by atoms with E-state index in [1.165, 1.54) is 0 Å².